The number of rotatable bonds is 6. The number of aryl methyl sites for hydroxylation is 1. The van der Waals surface area contributed by atoms with Crippen LogP contribution in [0.25, 0.3) is 0 Å². The summed E-state index contributed by atoms with van der Waals surface area (Å²) in [5.41, 5.74) is 0. The molecule has 2 heterocycles. The summed E-state index contributed by atoms with van der Waals surface area (Å²) in [6.07, 6.45) is 4.38. The van der Waals surface area contributed by atoms with Gasteiger partial charge in [-0.15, -0.1) is 5.10 Å². The van der Waals surface area contributed by atoms with Crippen molar-refractivity contribution in [3.05, 3.63) is 11.6 Å². The molecule has 0 bridgehead atoms. The molecule has 1 aromatic rings. The zero-order valence-corrected chi connectivity index (χ0v) is 11.9. The number of amides is 1. The Morgan fingerprint density at radius 3 is 2.84 bits per heavy atom. The van der Waals surface area contributed by atoms with Crippen molar-refractivity contribution in [3.63, 3.8) is 0 Å². The number of nitrogens with one attached hydrogen (secondary N) is 1. The van der Waals surface area contributed by atoms with E-state index >= 15 is 0 Å². The molecule has 1 N–H and O–H groups in total. The average Bonchev–Trinajstić information content (AvgIpc) is 3.06. The Labute approximate surface area is 114 Å². The van der Waals surface area contributed by atoms with Crippen molar-refractivity contribution in [3.8, 4) is 0 Å². The maximum atomic E-state index is 12.1. The van der Waals surface area contributed by atoms with Gasteiger partial charge in [-0.25, -0.2) is 4.98 Å². The number of aromatic nitrogens is 3. The van der Waals surface area contributed by atoms with Gasteiger partial charge in [0.1, 0.15) is 5.82 Å². The number of aromatic amines is 1. The number of hydrogen-bond donors (Lipinski definition) is 1. The molecule has 0 unspecified atom stereocenters. The normalized spacial score (nSPS) is 15.9. The van der Waals surface area contributed by atoms with E-state index in [0.717, 1.165) is 44.8 Å². The Morgan fingerprint density at radius 1 is 1.42 bits per heavy atom. The van der Waals surface area contributed by atoms with Crippen LogP contribution in [0.5, 0.6) is 0 Å². The van der Waals surface area contributed by atoms with Gasteiger partial charge in [0, 0.05) is 26.6 Å². The Bertz CT molecular complexity index is 411. The number of likely N-dealkylation sites (tertiary alicyclic amines) is 1. The Hall–Kier alpha value is -1.43. The first-order chi connectivity index (χ1) is 9.20. The van der Waals surface area contributed by atoms with Crippen molar-refractivity contribution in [2.24, 2.45) is 0 Å². The Balaban J connectivity index is 1.83. The van der Waals surface area contributed by atoms with E-state index in [0.29, 0.717) is 0 Å². The first-order valence-electron chi connectivity index (χ1n) is 7.09. The van der Waals surface area contributed by atoms with Crippen LogP contribution in [0.1, 0.15) is 42.6 Å². The topological polar surface area (TPSA) is 65.1 Å². The van der Waals surface area contributed by atoms with E-state index in [1.165, 1.54) is 12.8 Å². The molecule has 0 aliphatic carbocycles. The van der Waals surface area contributed by atoms with Crippen molar-refractivity contribution in [1.82, 2.24) is 25.0 Å². The fraction of sp³-hybridized carbons (Fsp3) is 0.769. The molecule has 2 rings (SSSR count). The van der Waals surface area contributed by atoms with E-state index in [-0.39, 0.29) is 11.7 Å². The van der Waals surface area contributed by atoms with Crippen LogP contribution in [0.15, 0.2) is 0 Å². The van der Waals surface area contributed by atoms with Crippen LogP contribution in [0.3, 0.4) is 0 Å². The number of carbonyl (C=O) groups excluding carboxylic acids is 1. The van der Waals surface area contributed by atoms with Crippen molar-refractivity contribution >= 4 is 5.91 Å². The van der Waals surface area contributed by atoms with Crippen LogP contribution in [-0.4, -0.2) is 64.1 Å². The number of hydrogen-bond acceptors (Lipinski definition) is 4. The van der Waals surface area contributed by atoms with E-state index in [2.05, 4.69) is 27.0 Å². The molecular weight excluding hydrogens is 242 g/mol. The third-order valence-electron chi connectivity index (χ3n) is 3.51. The molecule has 1 amide bonds. The molecule has 0 atom stereocenters. The van der Waals surface area contributed by atoms with Gasteiger partial charge in [0.25, 0.3) is 5.91 Å². The lowest BCUT2D eigenvalue weighted by Crippen LogP contribution is -2.35. The minimum absolute atomic E-state index is 0.0993. The maximum absolute atomic E-state index is 12.1. The summed E-state index contributed by atoms with van der Waals surface area (Å²) in [4.78, 5) is 20.5. The molecule has 0 aromatic carbocycles. The lowest BCUT2D eigenvalue weighted by atomic mass is 10.3. The highest BCUT2D eigenvalue weighted by molar-refractivity contribution is 5.90. The first-order valence-corrected chi connectivity index (χ1v) is 7.09. The summed E-state index contributed by atoms with van der Waals surface area (Å²) >= 11 is 0. The monoisotopic (exact) mass is 265 g/mol. The van der Waals surface area contributed by atoms with Crippen molar-refractivity contribution < 1.29 is 4.79 Å². The molecule has 0 spiro atoms. The molecule has 1 saturated heterocycles. The van der Waals surface area contributed by atoms with Gasteiger partial charge in [-0.3, -0.25) is 9.89 Å². The third-order valence-corrected chi connectivity index (χ3v) is 3.51. The van der Waals surface area contributed by atoms with Gasteiger partial charge in [0.2, 0.25) is 5.82 Å². The second kappa shape index (κ2) is 6.65. The highest BCUT2D eigenvalue weighted by atomic mass is 16.2. The molecule has 106 valence electrons. The molecule has 1 fully saturated rings. The number of likely N-dealkylation sites (N-methyl/N-ethyl adjacent to an activating group) is 1. The molecule has 1 aromatic heterocycles. The quantitative estimate of drug-likeness (QED) is 0.831. The van der Waals surface area contributed by atoms with E-state index in [1.54, 1.807) is 4.90 Å². The van der Waals surface area contributed by atoms with Crippen molar-refractivity contribution in [2.45, 2.75) is 32.6 Å². The lowest BCUT2D eigenvalue weighted by Gasteiger charge is -2.20. The van der Waals surface area contributed by atoms with Gasteiger partial charge >= 0.3 is 0 Å². The van der Waals surface area contributed by atoms with Crippen molar-refractivity contribution in [1.29, 1.82) is 0 Å². The summed E-state index contributed by atoms with van der Waals surface area (Å²) in [7, 11) is 1.81. The Kier molecular flexibility index (Phi) is 4.90. The highest BCUT2D eigenvalue weighted by Crippen LogP contribution is 2.07. The van der Waals surface area contributed by atoms with E-state index in [9.17, 15) is 4.79 Å². The molecule has 1 aliphatic heterocycles. The predicted molar refractivity (Wildman–Crippen MR) is 73.0 cm³/mol. The van der Waals surface area contributed by atoms with Crippen LogP contribution < -0.4 is 0 Å². The predicted octanol–water partition coefficient (Wildman–Crippen LogP) is 0.925. The second-order valence-corrected chi connectivity index (χ2v) is 5.13. The standard InChI is InChI=1S/C13H23N5O/c1-3-6-11-14-12(16-15-11)13(19)17(2)9-10-18-7-4-5-8-18/h3-10H2,1-2H3,(H,14,15,16). The van der Waals surface area contributed by atoms with Crippen LogP contribution in [0.4, 0.5) is 0 Å². The minimum Gasteiger partial charge on any atom is -0.338 e. The molecular formula is C13H23N5O. The van der Waals surface area contributed by atoms with Gasteiger partial charge in [-0.1, -0.05) is 6.92 Å². The van der Waals surface area contributed by atoms with Crippen molar-refractivity contribution in [2.75, 3.05) is 33.2 Å². The lowest BCUT2D eigenvalue weighted by molar-refractivity contribution is 0.0770. The maximum Gasteiger partial charge on any atom is 0.293 e. The first kappa shape index (κ1) is 14.0. The zero-order chi connectivity index (χ0) is 13.7. The van der Waals surface area contributed by atoms with E-state index in [4.69, 9.17) is 0 Å². The van der Waals surface area contributed by atoms with Gasteiger partial charge in [-0.05, 0) is 32.4 Å². The second-order valence-electron chi connectivity index (χ2n) is 5.13. The fourth-order valence-corrected chi connectivity index (χ4v) is 2.31. The summed E-state index contributed by atoms with van der Waals surface area (Å²) in [5, 5.41) is 6.82. The third kappa shape index (κ3) is 3.76. The zero-order valence-electron chi connectivity index (χ0n) is 11.9. The molecule has 6 heteroatoms. The van der Waals surface area contributed by atoms with Gasteiger partial charge < -0.3 is 9.80 Å². The molecule has 0 saturated carbocycles. The van der Waals surface area contributed by atoms with Crippen LogP contribution in [-0.2, 0) is 6.42 Å². The minimum atomic E-state index is -0.0993. The van der Waals surface area contributed by atoms with Crippen LogP contribution in [0, 0.1) is 0 Å². The molecule has 6 nitrogen and oxygen atoms in total. The summed E-state index contributed by atoms with van der Waals surface area (Å²) in [6.45, 7) is 6.06. The molecule has 19 heavy (non-hydrogen) atoms. The SMILES string of the molecule is CCCc1nc(C(=O)N(C)CCN2CCCC2)n[nH]1. The number of carbonyl (C=O) groups is 1. The van der Waals surface area contributed by atoms with E-state index in [1.807, 2.05) is 7.05 Å². The van der Waals surface area contributed by atoms with Gasteiger partial charge in [0.15, 0.2) is 0 Å². The summed E-state index contributed by atoms with van der Waals surface area (Å²) in [5.74, 6) is 0.976. The molecule has 1 aliphatic rings. The average molecular weight is 265 g/mol. The summed E-state index contributed by atoms with van der Waals surface area (Å²) < 4.78 is 0. The smallest absolute Gasteiger partial charge is 0.293 e. The summed E-state index contributed by atoms with van der Waals surface area (Å²) in [6, 6.07) is 0. The fourth-order valence-electron chi connectivity index (χ4n) is 2.31. The number of H-pyrrole nitrogens is 1. The van der Waals surface area contributed by atoms with E-state index < -0.39 is 0 Å². The highest BCUT2D eigenvalue weighted by Gasteiger charge is 2.18. The molecule has 0 radical (unpaired) electrons. The Morgan fingerprint density at radius 2 is 2.16 bits per heavy atom. The number of nitrogens with zero attached hydrogens (tertiary/aromatic N) is 4. The van der Waals surface area contributed by atoms with Gasteiger partial charge in [0.05, 0.1) is 0 Å². The van der Waals surface area contributed by atoms with Crippen LogP contribution in [0.2, 0.25) is 0 Å². The van der Waals surface area contributed by atoms with Gasteiger partial charge in [-0.2, -0.15) is 0 Å². The largest absolute Gasteiger partial charge is 0.338 e. The van der Waals surface area contributed by atoms with Crippen LogP contribution >= 0.6 is 0 Å².